The summed E-state index contributed by atoms with van der Waals surface area (Å²) in [5.74, 6) is -10.1. The van der Waals surface area contributed by atoms with Crippen molar-refractivity contribution < 1.29 is 38.9 Å². The lowest BCUT2D eigenvalue weighted by atomic mass is 9.49. The highest BCUT2D eigenvalue weighted by Gasteiger charge is 2.71. The van der Waals surface area contributed by atoms with Crippen molar-refractivity contribution in [1.82, 2.24) is 15.1 Å². The normalized spacial score (nSPS) is 36.4. The van der Waals surface area contributed by atoms with Crippen molar-refractivity contribution in [2.75, 3.05) is 41.0 Å². The highest BCUT2D eigenvalue weighted by atomic mass is 16.5. The predicted octanol–water partition coefficient (Wildman–Crippen LogP) is -0.481. The first-order valence-electron chi connectivity index (χ1n) is 13.3. The first-order chi connectivity index (χ1) is 18.4. The quantitative estimate of drug-likeness (QED) is 0.417. The molecule has 3 fully saturated rings. The van der Waals surface area contributed by atoms with Gasteiger partial charge >= 0.3 is 0 Å². The molecule has 1 aromatic carbocycles. The van der Waals surface area contributed by atoms with Crippen molar-refractivity contribution in [3.63, 3.8) is 0 Å². The van der Waals surface area contributed by atoms with Gasteiger partial charge in [0.2, 0.25) is 5.91 Å². The molecule has 7 atom stereocenters. The number of nitrogens with zero attached hydrogens (tertiary/aromatic N) is 2. The van der Waals surface area contributed by atoms with Gasteiger partial charge in [0.05, 0.1) is 36.9 Å². The number of benzene rings is 1. The van der Waals surface area contributed by atoms with E-state index in [2.05, 4.69) is 5.32 Å². The molecule has 11 nitrogen and oxygen atoms in total. The van der Waals surface area contributed by atoms with Crippen LogP contribution in [0.3, 0.4) is 0 Å². The summed E-state index contributed by atoms with van der Waals surface area (Å²) >= 11 is 0. The lowest BCUT2D eigenvalue weighted by Gasteiger charge is -2.55. The molecule has 0 aromatic heterocycles. The van der Waals surface area contributed by atoms with Crippen LogP contribution >= 0.6 is 0 Å². The molecule has 0 bridgehead atoms. The molecule has 2 saturated carbocycles. The van der Waals surface area contributed by atoms with E-state index >= 15 is 0 Å². The maximum absolute atomic E-state index is 14.1. The summed E-state index contributed by atoms with van der Waals surface area (Å²) in [5.41, 5.74) is -4.16. The van der Waals surface area contributed by atoms with Gasteiger partial charge in [0.15, 0.2) is 34.7 Å². The Bertz CT molecular complexity index is 1250. The third kappa shape index (κ3) is 3.89. The van der Waals surface area contributed by atoms with Crippen LogP contribution in [0.4, 0.5) is 0 Å². The Kier molecular flexibility index (Phi) is 6.77. The SMILES string of the molecule is COc1cccc2c1C(=O)C1C(=O)[C@@]3(O)C(=O)C(C(=O)NCN4CCCC4)C(=O)[C@H](N(C)C)C3CC1[C@@]2(C)O. The maximum Gasteiger partial charge on any atom is 0.239 e. The number of ketones is 4. The Hall–Kier alpha value is -2.99. The zero-order chi connectivity index (χ0) is 28.4. The fraction of sp³-hybridized carbons (Fsp3) is 0.607. The molecule has 1 amide bonds. The molecule has 0 radical (unpaired) electrons. The minimum Gasteiger partial charge on any atom is -0.496 e. The van der Waals surface area contributed by atoms with Crippen molar-refractivity contribution in [2.45, 2.75) is 43.4 Å². The fourth-order valence-corrected chi connectivity index (χ4v) is 7.25. The molecule has 210 valence electrons. The van der Waals surface area contributed by atoms with Crippen molar-refractivity contribution in [3.05, 3.63) is 29.3 Å². The van der Waals surface area contributed by atoms with Crippen LogP contribution in [0, 0.1) is 23.7 Å². The van der Waals surface area contributed by atoms with Crippen LogP contribution in [0.25, 0.3) is 0 Å². The largest absolute Gasteiger partial charge is 0.496 e. The van der Waals surface area contributed by atoms with Crippen LogP contribution in [0.1, 0.15) is 42.1 Å². The third-order valence-corrected chi connectivity index (χ3v) is 9.24. The van der Waals surface area contributed by atoms with Gasteiger partial charge in [-0.15, -0.1) is 0 Å². The van der Waals surface area contributed by atoms with E-state index in [4.69, 9.17) is 4.74 Å². The summed E-state index contributed by atoms with van der Waals surface area (Å²) in [7, 11) is 4.50. The Morgan fingerprint density at radius 3 is 2.38 bits per heavy atom. The number of hydrogen-bond acceptors (Lipinski definition) is 10. The van der Waals surface area contributed by atoms with Crippen LogP contribution in [0.2, 0.25) is 0 Å². The molecular formula is C28H35N3O8. The van der Waals surface area contributed by atoms with Crippen LogP contribution in [-0.4, -0.2) is 102 Å². The molecule has 3 aliphatic carbocycles. The minimum absolute atomic E-state index is 0.0186. The predicted molar refractivity (Wildman–Crippen MR) is 137 cm³/mol. The van der Waals surface area contributed by atoms with Gasteiger partial charge in [0.25, 0.3) is 0 Å². The molecule has 39 heavy (non-hydrogen) atoms. The van der Waals surface area contributed by atoms with E-state index in [1.807, 2.05) is 4.90 Å². The Balaban J connectivity index is 1.57. The number of fused-ring (bicyclic) bond motifs is 3. The number of rotatable bonds is 5. The molecule has 4 unspecified atom stereocenters. The van der Waals surface area contributed by atoms with Crippen molar-refractivity contribution in [1.29, 1.82) is 0 Å². The van der Waals surface area contributed by atoms with E-state index < -0.39 is 70.0 Å². The van der Waals surface area contributed by atoms with Gasteiger partial charge in [0, 0.05) is 11.8 Å². The molecule has 11 heteroatoms. The van der Waals surface area contributed by atoms with E-state index in [-0.39, 0.29) is 30.0 Å². The lowest BCUT2D eigenvalue weighted by molar-refractivity contribution is -0.188. The van der Waals surface area contributed by atoms with Crippen molar-refractivity contribution in [2.24, 2.45) is 23.7 Å². The zero-order valence-corrected chi connectivity index (χ0v) is 22.6. The summed E-state index contributed by atoms with van der Waals surface area (Å²) in [6, 6.07) is 3.57. The van der Waals surface area contributed by atoms with Gasteiger partial charge in [-0.1, -0.05) is 12.1 Å². The summed E-state index contributed by atoms with van der Waals surface area (Å²) in [6.07, 6.45) is 1.79. The first-order valence-corrected chi connectivity index (χ1v) is 13.3. The van der Waals surface area contributed by atoms with Crippen LogP contribution in [0.5, 0.6) is 5.75 Å². The van der Waals surface area contributed by atoms with Gasteiger partial charge in [-0.25, -0.2) is 0 Å². The molecule has 5 rings (SSSR count). The van der Waals surface area contributed by atoms with E-state index in [0.717, 1.165) is 25.9 Å². The van der Waals surface area contributed by atoms with Gasteiger partial charge in [-0.3, -0.25) is 33.8 Å². The average molecular weight is 542 g/mol. The van der Waals surface area contributed by atoms with Gasteiger partial charge in [-0.2, -0.15) is 0 Å². The van der Waals surface area contributed by atoms with Crippen molar-refractivity contribution in [3.8, 4) is 5.75 Å². The van der Waals surface area contributed by atoms with E-state index in [9.17, 15) is 34.2 Å². The van der Waals surface area contributed by atoms with Gasteiger partial charge in [-0.05, 0) is 65.0 Å². The zero-order valence-electron chi connectivity index (χ0n) is 22.6. The number of amides is 1. The summed E-state index contributed by atoms with van der Waals surface area (Å²) < 4.78 is 5.34. The van der Waals surface area contributed by atoms with Crippen LogP contribution in [0.15, 0.2) is 18.2 Å². The molecular weight excluding hydrogens is 506 g/mol. The molecule has 1 aliphatic heterocycles. The number of ether oxygens (including phenoxy) is 1. The van der Waals surface area contributed by atoms with E-state index in [1.165, 1.54) is 25.0 Å². The fourth-order valence-electron chi connectivity index (χ4n) is 7.25. The molecule has 1 saturated heterocycles. The second kappa shape index (κ2) is 9.58. The maximum atomic E-state index is 14.1. The minimum atomic E-state index is -2.76. The number of carbonyl (C=O) groups is 5. The monoisotopic (exact) mass is 541 g/mol. The average Bonchev–Trinajstić information content (AvgIpc) is 3.41. The third-order valence-electron chi connectivity index (χ3n) is 9.24. The van der Waals surface area contributed by atoms with Crippen LogP contribution in [-0.2, 0) is 24.8 Å². The molecule has 4 aliphatic rings. The topological polar surface area (TPSA) is 154 Å². The Labute approximate surface area is 226 Å². The number of likely N-dealkylation sites (tertiary alicyclic amines) is 1. The standard InChI is InChI=1S/C28H35N3O8/c1-27(37)14-8-7-9-17(39-4)18(14)22(32)19-15(27)12-16-21(30(2)3)23(33)20(25(35)28(16,38)24(19)34)26(36)29-13-31-10-5-6-11-31/h7-9,15-16,19-21,37-38H,5-6,10-13H2,1-4H3,(H,29,36)/t15?,16?,19?,20?,21-,27+,28-/m1/s1. The lowest BCUT2D eigenvalue weighted by Crippen LogP contribution is -2.75. The highest BCUT2D eigenvalue weighted by molar-refractivity contribution is 6.32. The molecule has 1 aromatic rings. The first kappa shape index (κ1) is 27.6. The molecule has 3 N–H and O–H groups in total. The summed E-state index contributed by atoms with van der Waals surface area (Å²) in [4.78, 5) is 72.1. The number of aliphatic hydroxyl groups is 2. The second-order valence-electron chi connectivity index (χ2n) is 11.6. The summed E-state index contributed by atoms with van der Waals surface area (Å²) in [6.45, 7) is 3.17. The van der Waals surface area contributed by atoms with Gasteiger partial charge < -0.3 is 20.3 Å². The second-order valence-corrected chi connectivity index (χ2v) is 11.6. The number of hydrogen-bond donors (Lipinski definition) is 3. The number of Topliss-reactive ketones (excluding diaryl/α,β-unsaturated/α-hetero) is 4. The number of carbonyl (C=O) groups excluding carboxylic acids is 5. The van der Waals surface area contributed by atoms with Crippen LogP contribution < -0.4 is 10.1 Å². The van der Waals surface area contributed by atoms with Crippen molar-refractivity contribution >= 4 is 29.0 Å². The Morgan fingerprint density at radius 2 is 1.77 bits per heavy atom. The smallest absolute Gasteiger partial charge is 0.239 e. The van der Waals surface area contributed by atoms with Gasteiger partial charge in [0.1, 0.15) is 5.75 Å². The van der Waals surface area contributed by atoms with E-state index in [0.29, 0.717) is 0 Å². The van der Waals surface area contributed by atoms with E-state index in [1.54, 1.807) is 26.2 Å². The number of nitrogens with one attached hydrogen (secondary N) is 1. The Morgan fingerprint density at radius 1 is 1.10 bits per heavy atom. The number of likely N-dealkylation sites (N-methyl/N-ethyl adjacent to an activating group) is 1. The summed E-state index contributed by atoms with van der Waals surface area (Å²) in [5, 5.41) is 26.3. The molecule has 0 spiro atoms. The number of methoxy groups -OCH3 is 1. The highest BCUT2D eigenvalue weighted by Crippen LogP contribution is 2.55. The molecule has 1 heterocycles.